The second kappa shape index (κ2) is 5.92. The first-order valence-corrected chi connectivity index (χ1v) is 7.21. The number of carbonyl (C=O) groups excluding carboxylic acids is 1. The van der Waals surface area contributed by atoms with Gasteiger partial charge in [0, 0.05) is 13.0 Å². The van der Waals surface area contributed by atoms with Crippen LogP contribution in [0.25, 0.3) is 11.0 Å². The molecule has 0 N–H and O–H groups in total. The number of hydrogen-bond acceptors (Lipinski definition) is 2. The molecule has 0 amide bonds. The fourth-order valence-electron chi connectivity index (χ4n) is 2.66. The number of aromatic nitrogens is 2. The molecule has 0 fully saturated rings. The van der Waals surface area contributed by atoms with E-state index in [-0.39, 0.29) is 0 Å². The topological polar surface area (TPSA) is 34.9 Å². The SMILES string of the molecule is Cc1nc2ccccc2n1CCc1ccc(CC=O)cc1. The molecule has 0 bridgehead atoms. The smallest absolute Gasteiger partial charge is 0.124 e. The Kier molecular flexibility index (Phi) is 3.82. The number of nitrogens with zero attached hydrogens (tertiary/aromatic N) is 2. The number of aryl methyl sites for hydroxylation is 3. The maximum absolute atomic E-state index is 10.5. The van der Waals surface area contributed by atoms with Crippen molar-refractivity contribution in [1.29, 1.82) is 0 Å². The third-order valence-electron chi connectivity index (χ3n) is 3.81. The van der Waals surface area contributed by atoms with E-state index < -0.39 is 0 Å². The number of fused-ring (bicyclic) bond motifs is 1. The molecule has 0 aliphatic rings. The summed E-state index contributed by atoms with van der Waals surface area (Å²) in [5.74, 6) is 1.05. The molecule has 3 rings (SSSR count). The van der Waals surface area contributed by atoms with Crippen molar-refractivity contribution in [3.63, 3.8) is 0 Å². The molecule has 0 aliphatic carbocycles. The molecule has 0 spiro atoms. The van der Waals surface area contributed by atoms with Gasteiger partial charge in [0.25, 0.3) is 0 Å². The summed E-state index contributed by atoms with van der Waals surface area (Å²) in [6.07, 6.45) is 2.39. The number of carbonyl (C=O) groups is 1. The molecule has 1 heterocycles. The number of aldehydes is 1. The van der Waals surface area contributed by atoms with E-state index in [0.29, 0.717) is 6.42 Å². The van der Waals surface area contributed by atoms with Gasteiger partial charge in [-0.05, 0) is 36.6 Å². The minimum Gasteiger partial charge on any atom is -0.328 e. The molecule has 0 atom stereocenters. The van der Waals surface area contributed by atoms with E-state index in [0.717, 1.165) is 36.2 Å². The van der Waals surface area contributed by atoms with Gasteiger partial charge in [-0.2, -0.15) is 0 Å². The summed E-state index contributed by atoms with van der Waals surface area (Å²) in [6.45, 7) is 2.96. The van der Waals surface area contributed by atoms with E-state index in [1.165, 1.54) is 11.1 Å². The van der Waals surface area contributed by atoms with E-state index in [2.05, 4.69) is 27.8 Å². The summed E-state index contributed by atoms with van der Waals surface area (Å²) in [5.41, 5.74) is 4.59. The lowest BCUT2D eigenvalue weighted by atomic mass is 10.1. The Labute approximate surface area is 124 Å². The Morgan fingerprint density at radius 1 is 1.05 bits per heavy atom. The Hall–Kier alpha value is -2.42. The monoisotopic (exact) mass is 278 g/mol. The summed E-state index contributed by atoms with van der Waals surface area (Å²) in [7, 11) is 0. The molecule has 0 aliphatic heterocycles. The van der Waals surface area contributed by atoms with Crippen LogP contribution in [0.5, 0.6) is 0 Å². The molecule has 3 heteroatoms. The average Bonchev–Trinajstić information content (AvgIpc) is 2.82. The number of para-hydroxylation sites is 2. The summed E-state index contributed by atoms with van der Waals surface area (Å²) in [6, 6.07) is 16.5. The molecule has 0 saturated carbocycles. The second-order valence-corrected chi connectivity index (χ2v) is 5.24. The predicted octanol–water partition coefficient (Wildman–Crippen LogP) is 3.33. The molecular weight excluding hydrogens is 260 g/mol. The minimum atomic E-state index is 0.492. The summed E-state index contributed by atoms with van der Waals surface area (Å²) in [4.78, 5) is 15.1. The van der Waals surface area contributed by atoms with Gasteiger partial charge in [-0.1, -0.05) is 36.4 Å². The average molecular weight is 278 g/mol. The van der Waals surface area contributed by atoms with Crippen molar-refractivity contribution in [3.05, 3.63) is 65.5 Å². The summed E-state index contributed by atoms with van der Waals surface area (Å²) in [5, 5.41) is 0. The normalized spacial score (nSPS) is 10.9. The first-order chi connectivity index (χ1) is 10.3. The van der Waals surface area contributed by atoms with Crippen molar-refractivity contribution in [2.45, 2.75) is 26.3 Å². The Morgan fingerprint density at radius 2 is 1.76 bits per heavy atom. The first kappa shape index (κ1) is 13.6. The van der Waals surface area contributed by atoms with Crippen molar-refractivity contribution in [3.8, 4) is 0 Å². The second-order valence-electron chi connectivity index (χ2n) is 5.24. The van der Waals surface area contributed by atoms with Crippen LogP contribution in [0.3, 0.4) is 0 Å². The van der Waals surface area contributed by atoms with E-state index in [9.17, 15) is 4.79 Å². The summed E-state index contributed by atoms with van der Waals surface area (Å²) >= 11 is 0. The van der Waals surface area contributed by atoms with Crippen molar-refractivity contribution in [2.75, 3.05) is 0 Å². The first-order valence-electron chi connectivity index (χ1n) is 7.21. The largest absolute Gasteiger partial charge is 0.328 e. The maximum Gasteiger partial charge on any atom is 0.124 e. The molecule has 3 aromatic rings. The fourth-order valence-corrected chi connectivity index (χ4v) is 2.66. The van der Waals surface area contributed by atoms with Gasteiger partial charge in [-0.3, -0.25) is 0 Å². The van der Waals surface area contributed by atoms with Crippen LogP contribution in [0.15, 0.2) is 48.5 Å². The zero-order valence-electron chi connectivity index (χ0n) is 12.1. The zero-order chi connectivity index (χ0) is 14.7. The van der Waals surface area contributed by atoms with Crippen molar-refractivity contribution < 1.29 is 4.79 Å². The molecule has 21 heavy (non-hydrogen) atoms. The highest BCUT2D eigenvalue weighted by Gasteiger charge is 2.06. The van der Waals surface area contributed by atoms with Gasteiger partial charge in [-0.15, -0.1) is 0 Å². The number of hydrogen-bond donors (Lipinski definition) is 0. The highest BCUT2D eigenvalue weighted by Crippen LogP contribution is 2.16. The third-order valence-corrected chi connectivity index (χ3v) is 3.81. The summed E-state index contributed by atoms with van der Waals surface area (Å²) < 4.78 is 2.26. The van der Waals surface area contributed by atoms with E-state index in [1.54, 1.807) is 0 Å². The number of rotatable bonds is 5. The van der Waals surface area contributed by atoms with Crippen LogP contribution in [0.1, 0.15) is 17.0 Å². The maximum atomic E-state index is 10.5. The Bertz CT molecular complexity index is 756. The fraction of sp³-hybridized carbons (Fsp3) is 0.222. The van der Waals surface area contributed by atoms with Crippen LogP contribution in [-0.4, -0.2) is 15.8 Å². The quantitative estimate of drug-likeness (QED) is 0.671. The van der Waals surface area contributed by atoms with Gasteiger partial charge in [-0.25, -0.2) is 4.98 Å². The van der Waals surface area contributed by atoms with Crippen LogP contribution in [-0.2, 0) is 24.2 Å². The molecule has 106 valence electrons. The molecule has 1 aromatic heterocycles. The van der Waals surface area contributed by atoms with Crippen LogP contribution in [0.4, 0.5) is 0 Å². The van der Waals surface area contributed by atoms with Crippen molar-refractivity contribution >= 4 is 17.3 Å². The highest BCUT2D eigenvalue weighted by atomic mass is 16.1. The van der Waals surface area contributed by atoms with Gasteiger partial charge < -0.3 is 9.36 Å². The molecule has 2 aromatic carbocycles. The van der Waals surface area contributed by atoms with Gasteiger partial charge in [0.1, 0.15) is 12.1 Å². The van der Waals surface area contributed by atoms with Gasteiger partial charge >= 0.3 is 0 Å². The van der Waals surface area contributed by atoms with Crippen molar-refractivity contribution in [1.82, 2.24) is 9.55 Å². The van der Waals surface area contributed by atoms with E-state index in [1.807, 2.05) is 37.3 Å². The number of benzene rings is 2. The molecule has 0 unspecified atom stereocenters. The highest BCUT2D eigenvalue weighted by molar-refractivity contribution is 5.75. The van der Waals surface area contributed by atoms with E-state index >= 15 is 0 Å². The van der Waals surface area contributed by atoms with Crippen LogP contribution >= 0.6 is 0 Å². The lowest BCUT2D eigenvalue weighted by Crippen LogP contribution is -2.03. The minimum absolute atomic E-state index is 0.492. The van der Waals surface area contributed by atoms with E-state index in [4.69, 9.17) is 0 Å². The molecule has 0 radical (unpaired) electrons. The Balaban J connectivity index is 1.77. The van der Waals surface area contributed by atoms with Gasteiger partial charge in [0.05, 0.1) is 11.0 Å². The zero-order valence-corrected chi connectivity index (χ0v) is 12.1. The molecule has 3 nitrogen and oxygen atoms in total. The Morgan fingerprint density at radius 3 is 2.52 bits per heavy atom. The molecule has 0 saturated heterocycles. The third kappa shape index (κ3) is 2.87. The van der Waals surface area contributed by atoms with Crippen molar-refractivity contribution in [2.24, 2.45) is 0 Å². The van der Waals surface area contributed by atoms with Crippen LogP contribution in [0, 0.1) is 6.92 Å². The van der Waals surface area contributed by atoms with Gasteiger partial charge in [0.2, 0.25) is 0 Å². The van der Waals surface area contributed by atoms with Crippen LogP contribution in [0.2, 0.25) is 0 Å². The lowest BCUT2D eigenvalue weighted by Gasteiger charge is -2.07. The lowest BCUT2D eigenvalue weighted by molar-refractivity contribution is -0.107. The van der Waals surface area contributed by atoms with Gasteiger partial charge in [0.15, 0.2) is 0 Å². The standard InChI is InChI=1S/C18H18N2O/c1-14-19-17-4-2-3-5-18(17)20(14)12-10-15-6-8-16(9-7-15)11-13-21/h2-9,13H,10-12H2,1H3. The number of imidazole rings is 1. The predicted molar refractivity (Wildman–Crippen MR) is 84.4 cm³/mol. The molecular formula is C18H18N2O. The van der Waals surface area contributed by atoms with Crippen LogP contribution < -0.4 is 0 Å².